The van der Waals surface area contributed by atoms with E-state index in [2.05, 4.69) is 33.0 Å². The van der Waals surface area contributed by atoms with Crippen LogP contribution in [0.1, 0.15) is 47.0 Å². The van der Waals surface area contributed by atoms with Crippen LogP contribution in [0.2, 0.25) is 0 Å². The minimum atomic E-state index is -0.245. The summed E-state index contributed by atoms with van der Waals surface area (Å²) in [6, 6.07) is 0. The molecule has 110 valence electrons. The summed E-state index contributed by atoms with van der Waals surface area (Å²) in [6.07, 6.45) is 2.96. The van der Waals surface area contributed by atoms with Gasteiger partial charge >= 0.3 is 0 Å². The fourth-order valence-corrected chi connectivity index (χ4v) is 3.43. The third-order valence-corrected chi connectivity index (χ3v) is 3.97. The van der Waals surface area contributed by atoms with E-state index in [1.165, 1.54) is 0 Å². The van der Waals surface area contributed by atoms with Gasteiger partial charge in [-0.3, -0.25) is 4.79 Å². The minimum Gasteiger partial charge on any atom is -0.366 e. The SMILES string of the molecule is CC1(C)CN(C(=O)CC2CCNCC2)CC(C)(C)O1. The van der Waals surface area contributed by atoms with E-state index in [-0.39, 0.29) is 11.2 Å². The van der Waals surface area contributed by atoms with Crippen molar-refractivity contribution >= 4 is 5.91 Å². The van der Waals surface area contributed by atoms with E-state index in [0.717, 1.165) is 25.9 Å². The molecule has 0 radical (unpaired) electrons. The molecule has 2 aliphatic heterocycles. The monoisotopic (exact) mass is 268 g/mol. The molecular weight excluding hydrogens is 240 g/mol. The zero-order chi connectivity index (χ0) is 14.1. The molecule has 0 aliphatic carbocycles. The molecule has 0 spiro atoms. The van der Waals surface area contributed by atoms with E-state index in [1.54, 1.807) is 0 Å². The average Bonchev–Trinajstić information content (AvgIpc) is 2.26. The Morgan fingerprint density at radius 2 is 1.68 bits per heavy atom. The normalized spacial score (nSPS) is 27.3. The second-order valence-electron chi connectivity index (χ2n) is 7.27. The first-order chi connectivity index (χ1) is 8.77. The average molecular weight is 268 g/mol. The van der Waals surface area contributed by atoms with Gasteiger partial charge in [-0.05, 0) is 59.5 Å². The van der Waals surface area contributed by atoms with E-state index >= 15 is 0 Å². The molecule has 0 atom stereocenters. The number of morpholine rings is 1. The van der Waals surface area contributed by atoms with E-state index in [4.69, 9.17) is 4.74 Å². The minimum absolute atomic E-state index is 0.245. The number of amides is 1. The number of rotatable bonds is 2. The van der Waals surface area contributed by atoms with Crippen molar-refractivity contribution in [2.24, 2.45) is 5.92 Å². The zero-order valence-electron chi connectivity index (χ0n) is 12.8. The Kier molecular flexibility index (Phi) is 4.21. The molecule has 2 saturated heterocycles. The van der Waals surface area contributed by atoms with Crippen LogP contribution in [0.4, 0.5) is 0 Å². The molecule has 2 fully saturated rings. The van der Waals surface area contributed by atoms with Gasteiger partial charge in [0.05, 0.1) is 11.2 Å². The van der Waals surface area contributed by atoms with Crippen molar-refractivity contribution in [3.8, 4) is 0 Å². The highest BCUT2D eigenvalue weighted by molar-refractivity contribution is 5.76. The van der Waals surface area contributed by atoms with Crippen LogP contribution in [0.25, 0.3) is 0 Å². The van der Waals surface area contributed by atoms with Gasteiger partial charge in [0, 0.05) is 19.5 Å². The Bertz CT molecular complexity index is 317. The molecule has 0 aromatic heterocycles. The summed E-state index contributed by atoms with van der Waals surface area (Å²) >= 11 is 0. The van der Waals surface area contributed by atoms with Crippen LogP contribution in [0.15, 0.2) is 0 Å². The van der Waals surface area contributed by atoms with Crippen LogP contribution in [0, 0.1) is 5.92 Å². The predicted molar refractivity (Wildman–Crippen MR) is 76.0 cm³/mol. The highest BCUT2D eigenvalue weighted by Gasteiger charge is 2.40. The summed E-state index contributed by atoms with van der Waals surface area (Å²) < 4.78 is 6.03. The maximum Gasteiger partial charge on any atom is 0.223 e. The van der Waals surface area contributed by atoms with Gasteiger partial charge in [-0.15, -0.1) is 0 Å². The first kappa shape index (κ1) is 14.8. The Labute approximate surface area is 116 Å². The Morgan fingerprint density at radius 3 is 2.21 bits per heavy atom. The molecule has 0 saturated carbocycles. The van der Waals surface area contributed by atoms with Gasteiger partial charge in [0.25, 0.3) is 0 Å². The molecule has 0 aromatic rings. The largest absolute Gasteiger partial charge is 0.366 e. The standard InChI is InChI=1S/C15H28N2O2/c1-14(2)10-17(11-15(3,4)19-14)13(18)9-12-5-7-16-8-6-12/h12,16H,5-11H2,1-4H3. The van der Waals surface area contributed by atoms with Crippen LogP contribution < -0.4 is 5.32 Å². The quantitative estimate of drug-likeness (QED) is 0.830. The fourth-order valence-electron chi connectivity index (χ4n) is 3.43. The van der Waals surface area contributed by atoms with Crippen LogP contribution in [0.5, 0.6) is 0 Å². The first-order valence-corrected chi connectivity index (χ1v) is 7.46. The molecule has 2 rings (SSSR count). The molecule has 2 heterocycles. The molecular formula is C15H28N2O2. The third-order valence-electron chi connectivity index (χ3n) is 3.97. The molecule has 0 aromatic carbocycles. The number of carbonyl (C=O) groups is 1. The Balaban J connectivity index is 1.94. The zero-order valence-corrected chi connectivity index (χ0v) is 12.8. The van der Waals surface area contributed by atoms with E-state index in [1.807, 2.05) is 4.90 Å². The maximum absolute atomic E-state index is 12.5. The van der Waals surface area contributed by atoms with Crippen LogP contribution >= 0.6 is 0 Å². The van der Waals surface area contributed by atoms with E-state index < -0.39 is 0 Å². The summed E-state index contributed by atoms with van der Waals surface area (Å²) in [6.45, 7) is 11.8. The Hall–Kier alpha value is -0.610. The number of hydrogen-bond acceptors (Lipinski definition) is 3. The molecule has 0 bridgehead atoms. The lowest BCUT2D eigenvalue weighted by Gasteiger charge is -2.47. The lowest BCUT2D eigenvalue weighted by Crippen LogP contribution is -2.58. The number of hydrogen-bond donors (Lipinski definition) is 1. The number of piperidine rings is 1. The lowest BCUT2D eigenvalue weighted by molar-refractivity contribution is -0.188. The van der Waals surface area contributed by atoms with Gasteiger partial charge in [0.2, 0.25) is 5.91 Å². The van der Waals surface area contributed by atoms with Crippen LogP contribution in [0.3, 0.4) is 0 Å². The van der Waals surface area contributed by atoms with E-state index in [9.17, 15) is 4.79 Å². The van der Waals surface area contributed by atoms with Gasteiger partial charge in [0.1, 0.15) is 0 Å². The molecule has 4 heteroatoms. The van der Waals surface area contributed by atoms with Crippen molar-refractivity contribution in [2.45, 2.75) is 58.2 Å². The highest BCUT2D eigenvalue weighted by Crippen LogP contribution is 2.29. The summed E-state index contributed by atoms with van der Waals surface area (Å²) in [4.78, 5) is 14.5. The van der Waals surface area contributed by atoms with Gasteiger partial charge in [-0.25, -0.2) is 0 Å². The van der Waals surface area contributed by atoms with Crippen LogP contribution in [-0.4, -0.2) is 48.2 Å². The van der Waals surface area contributed by atoms with Crippen molar-refractivity contribution in [3.63, 3.8) is 0 Å². The van der Waals surface area contributed by atoms with E-state index in [0.29, 0.717) is 31.3 Å². The van der Waals surface area contributed by atoms with Crippen molar-refractivity contribution in [2.75, 3.05) is 26.2 Å². The number of carbonyl (C=O) groups excluding carboxylic acids is 1. The topological polar surface area (TPSA) is 41.6 Å². The number of ether oxygens (including phenoxy) is 1. The van der Waals surface area contributed by atoms with Crippen molar-refractivity contribution in [1.29, 1.82) is 0 Å². The van der Waals surface area contributed by atoms with Crippen LogP contribution in [-0.2, 0) is 9.53 Å². The van der Waals surface area contributed by atoms with Gasteiger partial charge in [-0.1, -0.05) is 0 Å². The van der Waals surface area contributed by atoms with Crippen molar-refractivity contribution in [1.82, 2.24) is 10.2 Å². The van der Waals surface area contributed by atoms with Gasteiger partial charge in [-0.2, -0.15) is 0 Å². The molecule has 1 N–H and O–H groups in total. The highest BCUT2D eigenvalue weighted by atomic mass is 16.5. The maximum atomic E-state index is 12.5. The molecule has 0 unspecified atom stereocenters. The fraction of sp³-hybridized carbons (Fsp3) is 0.933. The third kappa shape index (κ3) is 4.18. The second-order valence-corrected chi connectivity index (χ2v) is 7.27. The summed E-state index contributed by atoms with van der Waals surface area (Å²) in [5.41, 5.74) is -0.489. The second kappa shape index (κ2) is 5.41. The summed E-state index contributed by atoms with van der Waals surface area (Å²) in [7, 11) is 0. The molecule has 2 aliphatic rings. The molecule has 4 nitrogen and oxygen atoms in total. The number of nitrogens with one attached hydrogen (secondary N) is 1. The van der Waals surface area contributed by atoms with Gasteiger partial charge in [0.15, 0.2) is 0 Å². The Morgan fingerprint density at radius 1 is 1.16 bits per heavy atom. The lowest BCUT2D eigenvalue weighted by atomic mass is 9.92. The van der Waals surface area contributed by atoms with Crippen molar-refractivity contribution < 1.29 is 9.53 Å². The van der Waals surface area contributed by atoms with Gasteiger partial charge < -0.3 is 15.0 Å². The van der Waals surface area contributed by atoms with Crippen molar-refractivity contribution in [3.05, 3.63) is 0 Å². The predicted octanol–water partition coefficient (Wildman–Crippen LogP) is 1.79. The smallest absolute Gasteiger partial charge is 0.223 e. The molecule has 1 amide bonds. The summed E-state index contributed by atoms with van der Waals surface area (Å²) in [5, 5.41) is 3.35. The first-order valence-electron chi connectivity index (χ1n) is 7.46. The molecule has 19 heavy (non-hydrogen) atoms. The summed E-state index contributed by atoms with van der Waals surface area (Å²) in [5.74, 6) is 0.860. The number of nitrogens with zero attached hydrogens (tertiary/aromatic N) is 1.